The molecule has 0 atom stereocenters. The fourth-order valence-corrected chi connectivity index (χ4v) is 1.54. The highest BCUT2D eigenvalue weighted by atomic mass is 35.5. The number of halogens is 4. The summed E-state index contributed by atoms with van der Waals surface area (Å²) in [6, 6.07) is 4.64. The first kappa shape index (κ1) is 14.6. The Balaban J connectivity index is 2.72. The predicted octanol–water partition coefficient (Wildman–Crippen LogP) is 2.83. The van der Waals surface area contributed by atoms with Crippen LogP contribution >= 0.6 is 11.6 Å². The van der Waals surface area contributed by atoms with Crippen LogP contribution in [0.15, 0.2) is 18.2 Å². The third-order valence-electron chi connectivity index (χ3n) is 2.25. The summed E-state index contributed by atoms with van der Waals surface area (Å²) in [5.74, 6) is -1.01. The first-order valence-electron chi connectivity index (χ1n) is 5.03. The highest BCUT2D eigenvalue weighted by Gasteiger charge is 2.32. The minimum Gasteiger partial charge on any atom is -0.399 e. The lowest BCUT2D eigenvalue weighted by molar-refractivity contribution is -0.160. The van der Waals surface area contributed by atoms with Gasteiger partial charge in [0.05, 0.1) is 0 Å². The van der Waals surface area contributed by atoms with Gasteiger partial charge in [-0.1, -0.05) is 11.6 Å². The molecule has 1 amide bonds. The molecule has 0 aliphatic rings. The van der Waals surface area contributed by atoms with Gasteiger partial charge in [0.15, 0.2) is 0 Å². The van der Waals surface area contributed by atoms with Crippen LogP contribution in [0.5, 0.6) is 0 Å². The zero-order valence-electron chi connectivity index (χ0n) is 9.59. The van der Waals surface area contributed by atoms with Crippen LogP contribution in [0.4, 0.5) is 18.9 Å². The number of benzene rings is 1. The molecule has 0 heterocycles. The number of anilines is 1. The van der Waals surface area contributed by atoms with Crippen molar-refractivity contribution >= 4 is 23.2 Å². The third kappa shape index (κ3) is 4.44. The molecule has 0 saturated carbocycles. The van der Waals surface area contributed by atoms with E-state index in [1.165, 1.54) is 19.2 Å². The average Bonchev–Trinajstić information content (AvgIpc) is 2.21. The van der Waals surface area contributed by atoms with Crippen LogP contribution in [0.3, 0.4) is 0 Å². The number of nitrogens with two attached hydrogens (primary N) is 1. The number of hydrogen-bond acceptors (Lipinski definition) is 2. The number of hydrogen-bond donors (Lipinski definition) is 1. The van der Waals surface area contributed by atoms with Crippen LogP contribution in [0.2, 0.25) is 5.02 Å². The lowest BCUT2D eigenvalue weighted by Gasteiger charge is -2.19. The van der Waals surface area contributed by atoms with E-state index >= 15 is 0 Å². The zero-order valence-corrected chi connectivity index (χ0v) is 10.3. The van der Waals surface area contributed by atoms with Gasteiger partial charge in [0.1, 0.15) is 6.42 Å². The number of nitrogen functional groups attached to an aromatic ring is 1. The number of alkyl halides is 3. The Hall–Kier alpha value is -1.43. The Morgan fingerprint density at radius 1 is 1.44 bits per heavy atom. The van der Waals surface area contributed by atoms with Crippen molar-refractivity contribution in [2.24, 2.45) is 0 Å². The maximum Gasteiger partial charge on any atom is 0.397 e. The van der Waals surface area contributed by atoms with Gasteiger partial charge in [-0.15, -0.1) is 0 Å². The molecular formula is C11H12ClF3N2O. The molecule has 0 spiro atoms. The van der Waals surface area contributed by atoms with Crippen molar-refractivity contribution in [2.75, 3.05) is 12.8 Å². The molecule has 2 N–H and O–H groups in total. The van der Waals surface area contributed by atoms with E-state index < -0.39 is 18.5 Å². The lowest BCUT2D eigenvalue weighted by Crippen LogP contribution is -2.30. The van der Waals surface area contributed by atoms with E-state index in [1.54, 1.807) is 6.07 Å². The highest BCUT2D eigenvalue weighted by Crippen LogP contribution is 2.23. The van der Waals surface area contributed by atoms with Crippen molar-refractivity contribution in [1.82, 2.24) is 4.90 Å². The second-order valence-corrected chi connectivity index (χ2v) is 4.30. The van der Waals surface area contributed by atoms with Crippen molar-refractivity contribution < 1.29 is 18.0 Å². The van der Waals surface area contributed by atoms with Crippen LogP contribution in [-0.4, -0.2) is 24.0 Å². The largest absolute Gasteiger partial charge is 0.399 e. The van der Waals surface area contributed by atoms with Crippen LogP contribution in [0, 0.1) is 0 Å². The normalized spacial score (nSPS) is 11.4. The number of amides is 1. The Kier molecular flexibility index (Phi) is 4.45. The highest BCUT2D eigenvalue weighted by molar-refractivity contribution is 6.31. The number of carbonyl (C=O) groups excluding carboxylic acids is 1. The van der Waals surface area contributed by atoms with Crippen LogP contribution in [0.25, 0.3) is 0 Å². The third-order valence-corrected chi connectivity index (χ3v) is 2.62. The van der Waals surface area contributed by atoms with E-state index in [0.29, 0.717) is 16.3 Å². The van der Waals surface area contributed by atoms with Crippen LogP contribution in [-0.2, 0) is 11.3 Å². The van der Waals surface area contributed by atoms with Gasteiger partial charge in [-0.25, -0.2) is 0 Å². The molecule has 0 radical (unpaired) electrons. The van der Waals surface area contributed by atoms with Crippen molar-refractivity contribution in [3.63, 3.8) is 0 Å². The summed E-state index contributed by atoms with van der Waals surface area (Å²) in [7, 11) is 1.29. The molecule has 0 aliphatic carbocycles. The molecule has 1 aromatic carbocycles. The van der Waals surface area contributed by atoms with E-state index in [1.807, 2.05) is 0 Å². The molecule has 1 aromatic rings. The van der Waals surface area contributed by atoms with Gasteiger partial charge in [0.2, 0.25) is 5.91 Å². The van der Waals surface area contributed by atoms with Gasteiger partial charge in [-0.2, -0.15) is 13.2 Å². The van der Waals surface area contributed by atoms with Crippen molar-refractivity contribution in [3.8, 4) is 0 Å². The molecule has 7 heteroatoms. The topological polar surface area (TPSA) is 46.3 Å². The smallest absolute Gasteiger partial charge is 0.397 e. The predicted molar refractivity (Wildman–Crippen MR) is 63.0 cm³/mol. The Labute approximate surface area is 107 Å². The van der Waals surface area contributed by atoms with E-state index in [4.69, 9.17) is 17.3 Å². The molecule has 3 nitrogen and oxygen atoms in total. The fourth-order valence-electron chi connectivity index (χ4n) is 1.37. The summed E-state index contributed by atoms with van der Waals surface area (Å²) in [4.78, 5) is 12.3. The van der Waals surface area contributed by atoms with Crippen molar-refractivity contribution in [1.29, 1.82) is 0 Å². The average molecular weight is 281 g/mol. The molecule has 0 unspecified atom stereocenters. The van der Waals surface area contributed by atoms with Gasteiger partial charge in [0.25, 0.3) is 0 Å². The van der Waals surface area contributed by atoms with Gasteiger partial charge >= 0.3 is 6.18 Å². The summed E-state index contributed by atoms with van der Waals surface area (Å²) in [6.07, 6.45) is -5.99. The molecule has 0 saturated heterocycles. The molecular weight excluding hydrogens is 269 g/mol. The summed E-state index contributed by atoms with van der Waals surface area (Å²) in [5, 5.41) is 0.357. The molecule has 1 rings (SSSR count). The number of nitrogens with zero attached hydrogens (tertiary/aromatic N) is 1. The van der Waals surface area contributed by atoms with Crippen LogP contribution in [0.1, 0.15) is 12.0 Å². The van der Waals surface area contributed by atoms with Crippen molar-refractivity contribution in [3.05, 3.63) is 28.8 Å². The molecule has 0 aromatic heterocycles. The van der Waals surface area contributed by atoms with E-state index in [-0.39, 0.29) is 6.54 Å². The Morgan fingerprint density at radius 2 is 2.06 bits per heavy atom. The Bertz CT molecular complexity index is 448. The fraction of sp³-hybridized carbons (Fsp3) is 0.364. The second kappa shape index (κ2) is 5.48. The van der Waals surface area contributed by atoms with E-state index in [0.717, 1.165) is 4.90 Å². The maximum atomic E-state index is 12.1. The first-order chi connectivity index (χ1) is 8.19. The monoisotopic (exact) mass is 280 g/mol. The molecule has 18 heavy (non-hydrogen) atoms. The maximum absolute atomic E-state index is 12.1. The Morgan fingerprint density at radius 3 is 2.61 bits per heavy atom. The van der Waals surface area contributed by atoms with Gasteiger partial charge in [-0.05, 0) is 23.8 Å². The summed E-state index contributed by atoms with van der Waals surface area (Å²) in [5.41, 5.74) is 6.48. The van der Waals surface area contributed by atoms with Crippen molar-refractivity contribution in [2.45, 2.75) is 19.1 Å². The summed E-state index contributed by atoms with van der Waals surface area (Å²) < 4.78 is 36.2. The number of carbonyl (C=O) groups is 1. The van der Waals surface area contributed by atoms with Gasteiger partial charge in [-0.3, -0.25) is 4.79 Å². The molecule has 0 aliphatic heterocycles. The number of rotatable bonds is 3. The zero-order chi connectivity index (χ0) is 13.9. The van der Waals surface area contributed by atoms with Gasteiger partial charge in [0, 0.05) is 24.3 Å². The SMILES string of the molecule is CN(Cc1cc(N)ccc1Cl)C(=O)CC(F)(F)F. The lowest BCUT2D eigenvalue weighted by atomic mass is 10.2. The quantitative estimate of drug-likeness (QED) is 0.866. The minimum absolute atomic E-state index is 0.0151. The molecule has 0 bridgehead atoms. The molecule has 0 fully saturated rings. The molecule has 100 valence electrons. The second-order valence-electron chi connectivity index (χ2n) is 3.89. The van der Waals surface area contributed by atoms with Gasteiger partial charge < -0.3 is 10.6 Å². The van der Waals surface area contributed by atoms with E-state index in [9.17, 15) is 18.0 Å². The summed E-state index contributed by atoms with van der Waals surface area (Å²) in [6.45, 7) is -0.0151. The first-order valence-corrected chi connectivity index (χ1v) is 5.41. The van der Waals surface area contributed by atoms with Crippen LogP contribution < -0.4 is 5.73 Å². The summed E-state index contributed by atoms with van der Waals surface area (Å²) >= 11 is 5.86. The standard InChI is InChI=1S/C11H12ClF3N2O/c1-17(10(18)5-11(13,14)15)6-7-4-8(16)2-3-9(7)12/h2-4H,5-6,16H2,1H3. The van der Waals surface area contributed by atoms with E-state index in [2.05, 4.69) is 0 Å². The minimum atomic E-state index is -4.51.